The summed E-state index contributed by atoms with van der Waals surface area (Å²) < 4.78 is 42.0. The third-order valence-corrected chi connectivity index (χ3v) is 4.63. The van der Waals surface area contributed by atoms with E-state index < -0.39 is 28.9 Å². The van der Waals surface area contributed by atoms with E-state index in [0.29, 0.717) is 11.3 Å². The minimum absolute atomic E-state index is 0.487. The number of hydrogen-bond acceptors (Lipinski definition) is 6. The molecule has 1 aliphatic heterocycles. The van der Waals surface area contributed by atoms with Crippen molar-refractivity contribution in [3.05, 3.63) is 65.7 Å². The van der Waals surface area contributed by atoms with Crippen LogP contribution in [0.1, 0.15) is 23.5 Å². The monoisotopic (exact) mass is 350 g/mol. The van der Waals surface area contributed by atoms with Crippen LogP contribution in [-0.4, -0.2) is 21.8 Å². The first-order valence-corrected chi connectivity index (χ1v) is 8.69. The fourth-order valence-corrected chi connectivity index (χ4v) is 3.05. The number of nitrogens with two attached hydrogens (primary N) is 1. The normalized spacial score (nSPS) is 24.1. The number of nitrogens with one attached hydrogen (secondary N) is 1. The Bertz CT molecular complexity index is 797. The lowest BCUT2D eigenvalue weighted by Gasteiger charge is -2.18. The molecule has 2 aromatic carbocycles. The van der Waals surface area contributed by atoms with Crippen LogP contribution in [0.4, 0.5) is 5.69 Å². The summed E-state index contributed by atoms with van der Waals surface area (Å²) in [6.45, 7) is 0. The Balaban J connectivity index is 1.92. The average molecular weight is 350 g/mol. The van der Waals surface area contributed by atoms with Crippen molar-refractivity contribution in [1.29, 1.82) is 0 Å². The number of nitrogen functional groups attached to an aromatic ring is 1. The molecule has 24 heavy (non-hydrogen) atoms. The Hall–Kier alpha value is -1.97. The summed E-state index contributed by atoms with van der Waals surface area (Å²) in [5.41, 5.74) is 7.90. The third kappa shape index (κ3) is 3.58. The molecule has 0 radical (unpaired) electrons. The van der Waals surface area contributed by atoms with Crippen LogP contribution in [0.2, 0.25) is 0 Å². The number of ether oxygens (including phenoxy) is 2. The van der Waals surface area contributed by atoms with Gasteiger partial charge in [-0.05, 0) is 6.07 Å². The predicted octanol–water partition coefficient (Wildman–Crippen LogP) is 1.86. The fraction of sp³-hybridized carbons (Fsp3) is 0.250. The molecule has 3 N–H and O–H groups in total. The van der Waals surface area contributed by atoms with Crippen LogP contribution in [0.3, 0.4) is 0 Å². The average Bonchev–Trinajstić information content (AvgIpc) is 2.99. The maximum absolute atomic E-state index is 11.8. The van der Waals surface area contributed by atoms with E-state index >= 15 is 0 Å². The van der Waals surface area contributed by atoms with Gasteiger partial charge in [0.2, 0.25) is 0 Å². The van der Waals surface area contributed by atoms with E-state index in [1.807, 2.05) is 30.3 Å². The van der Waals surface area contributed by atoms with E-state index in [9.17, 15) is 8.42 Å². The number of anilines is 1. The molecule has 0 aliphatic carbocycles. The largest absolute Gasteiger partial charge is 0.398 e. The molecular weight excluding hydrogens is 332 g/mol. The maximum Gasteiger partial charge on any atom is 0.337 e. The summed E-state index contributed by atoms with van der Waals surface area (Å²) in [5.74, 6) is 0. The quantitative estimate of drug-likeness (QED) is 0.799. The van der Waals surface area contributed by atoms with E-state index in [0.717, 1.165) is 12.7 Å². The molecule has 0 bridgehead atoms. The van der Waals surface area contributed by atoms with Gasteiger partial charge in [-0.3, -0.25) is 4.18 Å². The molecule has 1 aliphatic rings. The van der Waals surface area contributed by atoms with Gasteiger partial charge in [0, 0.05) is 16.8 Å². The Morgan fingerprint density at radius 2 is 1.71 bits per heavy atom. The molecule has 3 atom stereocenters. The highest BCUT2D eigenvalue weighted by atomic mass is 32.2. The van der Waals surface area contributed by atoms with Crippen molar-refractivity contribution in [3.8, 4) is 0 Å². The lowest BCUT2D eigenvalue weighted by molar-refractivity contribution is -0.0703. The zero-order valence-corrected chi connectivity index (χ0v) is 13.8. The van der Waals surface area contributed by atoms with Gasteiger partial charge >= 0.3 is 10.3 Å². The van der Waals surface area contributed by atoms with Crippen molar-refractivity contribution >= 4 is 16.0 Å². The Morgan fingerprint density at radius 1 is 1.04 bits per heavy atom. The standard InChI is InChI=1S/C16H18N2O5S/c1-21-24(19,20)18-15-14(12-9-5-6-10-13(12)17)22-16(23-15)11-7-3-2-4-8-11/h2-10,14-16,18H,17H2,1H3/t14-,15-,16?/m1/s1. The number of rotatable bonds is 5. The first-order chi connectivity index (χ1) is 11.5. The van der Waals surface area contributed by atoms with Gasteiger partial charge in [0.25, 0.3) is 0 Å². The number of para-hydroxylation sites is 1. The highest BCUT2D eigenvalue weighted by Crippen LogP contribution is 2.40. The molecule has 0 aromatic heterocycles. The fourth-order valence-electron chi connectivity index (χ4n) is 2.49. The van der Waals surface area contributed by atoms with E-state index in [4.69, 9.17) is 15.2 Å². The van der Waals surface area contributed by atoms with Crippen molar-refractivity contribution in [2.45, 2.75) is 18.6 Å². The van der Waals surface area contributed by atoms with Gasteiger partial charge < -0.3 is 15.2 Å². The molecule has 0 spiro atoms. The number of hydrogen-bond donors (Lipinski definition) is 2. The minimum Gasteiger partial charge on any atom is -0.398 e. The van der Waals surface area contributed by atoms with E-state index in [-0.39, 0.29) is 0 Å². The van der Waals surface area contributed by atoms with Gasteiger partial charge in [0.05, 0.1) is 7.11 Å². The van der Waals surface area contributed by atoms with Crippen molar-refractivity contribution in [2.75, 3.05) is 12.8 Å². The second-order valence-corrected chi connectivity index (χ2v) is 6.70. The summed E-state index contributed by atoms with van der Waals surface area (Å²) in [6.07, 6.45) is -2.40. The minimum atomic E-state index is -3.96. The van der Waals surface area contributed by atoms with E-state index in [2.05, 4.69) is 8.91 Å². The van der Waals surface area contributed by atoms with Crippen LogP contribution in [0.15, 0.2) is 54.6 Å². The van der Waals surface area contributed by atoms with Gasteiger partial charge in [0.15, 0.2) is 12.5 Å². The molecule has 1 heterocycles. The van der Waals surface area contributed by atoms with Gasteiger partial charge in [-0.25, -0.2) is 0 Å². The second kappa shape index (κ2) is 6.88. The highest BCUT2D eigenvalue weighted by molar-refractivity contribution is 7.84. The topological polar surface area (TPSA) is 99.9 Å². The predicted molar refractivity (Wildman–Crippen MR) is 87.8 cm³/mol. The SMILES string of the molecule is COS(=O)(=O)N[C@@H]1OC(c2ccccc2)O[C@@H]1c1ccccc1N. The van der Waals surface area contributed by atoms with Crippen molar-refractivity contribution in [1.82, 2.24) is 4.72 Å². The van der Waals surface area contributed by atoms with Gasteiger partial charge in [-0.2, -0.15) is 13.1 Å². The van der Waals surface area contributed by atoms with Gasteiger partial charge in [-0.1, -0.05) is 48.5 Å². The molecule has 1 fully saturated rings. The zero-order chi connectivity index (χ0) is 17.2. The molecule has 2 aromatic rings. The van der Waals surface area contributed by atoms with Crippen molar-refractivity contribution < 1.29 is 22.1 Å². The van der Waals surface area contributed by atoms with Crippen LogP contribution in [-0.2, 0) is 24.0 Å². The van der Waals surface area contributed by atoms with Gasteiger partial charge in [-0.15, -0.1) is 0 Å². The van der Waals surface area contributed by atoms with Crippen molar-refractivity contribution in [2.24, 2.45) is 0 Å². The van der Waals surface area contributed by atoms with Crippen LogP contribution in [0.25, 0.3) is 0 Å². The van der Waals surface area contributed by atoms with Crippen LogP contribution >= 0.6 is 0 Å². The molecule has 0 amide bonds. The van der Waals surface area contributed by atoms with Crippen LogP contribution < -0.4 is 10.5 Å². The number of benzene rings is 2. The van der Waals surface area contributed by atoms with Crippen LogP contribution in [0, 0.1) is 0 Å². The van der Waals surface area contributed by atoms with Gasteiger partial charge in [0.1, 0.15) is 6.10 Å². The highest BCUT2D eigenvalue weighted by Gasteiger charge is 2.41. The molecule has 1 saturated heterocycles. The first-order valence-electron chi connectivity index (χ1n) is 7.28. The summed E-state index contributed by atoms with van der Waals surface area (Å²) in [5, 5.41) is 0. The molecule has 7 nitrogen and oxygen atoms in total. The molecule has 0 saturated carbocycles. The first kappa shape index (κ1) is 16.9. The Morgan fingerprint density at radius 3 is 2.38 bits per heavy atom. The van der Waals surface area contributed by atoms with Crippen LogP contribution in [0.5, 0.6) is 0 Å². The summed E-state index contributed by atoms with van der Waals surface area (Å²) in [4.78, 5) is 0. The molecule has 8 heteroatoms. The Kier molecular flexibility index (Phi) is 4.83. The maximum atomic E-state index is 11.8. The second-order valence-electron chi connectivity index (χ2n) is 5.22. The molecule has 1 unspecified atom stereocenters. The summed E-state index contributed by atoms with van der Waals surface area (Å²) in [6, 6.07) is 16.3. The molecular formula is C16H18N2O5S. The van der Waals surface area contributed by atoms with E-state index in [1.54, 1.807) is 24.3 Å². The van der Waals surface area contributed by atoms with E-state index in [1.165, 1.54) is 0 Å². The summed E-state index contributed by atoms with van der Waals surface area (Å²) in [7, 11) is -2.89. The Labute approximate surface area is 140 Å². The van der Waals surface area contributed by atoms with Crippen molar-refractivity contribution in [3.63, 3.8) is 0 Å². The third-order valence-electron chi connectivity index (χ3n) is 3.67. The lowest BCUT2D eigenvalue weighted by atomic mass is 10.1. The lowest BCUT2D eigenvalue weighted by Crippen LogP contribution is -2.38. The smallest absolute Gasteiger partial charge is 0.337 e. The molecule has 128 valence electrons. The molecule has 3 rings (SSSR count). The summed E-state index contributed by atoms with van der Waals surface area (Å²) >= 11 is 0. The zero-order valence-electron chi connectivity index (χ0n) is 13.0.